The summed E-state index contributed by atoms with van der Waals surface area (Å²) >= 11 is 0. The van der Waals surface area contributed by atoms with Crippen LogP contribution < -0.4 is 5.32 Å². The van der Waals surface area contributed by atoms with E-state index in [4.69, 9.17) is 0 Å². The predicted molar refractivity (Wildman–Crippen MR) is 106 cm³/mol. The highest BCUT2D eigenvalue weighted by Crippen LogP contribution is 2.28. The minimum Gasteiger partial charge on any atom is -0.320 e. The fourth-order valence-corrected chi connectivity index (χ4v) is 3.22. The summed E-state index contributed by atoms with van der Waals surface area (Å²) in [5.41, 5.74) is 5.09. The van der Waals surface area contributed by atoms with E-state index in [1.54, 1.807) is 6.20 Å². The van der Waals surface area contributed by atoms with Gasteiger partial charge < -0.3 is 5.32 Å². The molecule has 1 heterocycles. The van der Waals surface area contributed by atoms with Crippen LogP contribution >= 0.6 is 0 Å². The smallest absolute Gasteiger partial charge is 0.256 e. The molecule has 4 rings (SSSR count). The maximum absolute atomic E-state index is 13.1. The SMILES string of the molecule is Cc1cccc(-c2ccccc2)c1C(=O)Nc1cccc2cccnc12. The molecule has 0 spiro atoms. The first-order valence-corrected chi connectivity index (χ1v) is 8.54. The molecule has 26 heavy (non-hydrogen) atoms. The molecule has 3 heteroatoms. The molecule has 3 nitrogen and oxygen atoms in total. The Bertz CT molecular complexity index is 1080. The molecule has 0 unspecified atom stereocenters. The number of hydrogen-bond acceptors (Lipinski definition) is 2. The Morgan fingerprint density at radius 2 is 1.62 bits per heavy atom. The van der Waals surface area contributed by atoms with E-state index in [0.717, 1.165) is 33.3 Å². The molecule has 0 aliphatic carbocycles. The third-order valence-electron chi connectivity index (χ3n) is 4.47. The van der Waals surface area contributed by atoms with Gasteiger partial charge in [0.05, 0.1) is 16.8 Å². The van der Waals surface area contributed by atoms with Crippen LogP contribution in [0.1, 0.15) is 15.9 Å². The summed E-state index contributed by atoms with van der Waals surface area (Å²) in [5, 5.41) is 4.05. The highest BCUT2D eigenvalue weighted by molar-refractivity contribution is 6.12. The first-order valence-electron chi connectivity index (χ1n) is 8.54. The number of carbonyl (C=O) groups is 1. The van der Waals surface area contributed by atoms with E-state index < -0.39 is 0 Å². The molecule has 0 saturated carbocycles. The average Bonchev–Trinajstić information content (AvgIpc) is 2.68. The third kappa shape index (κ3) is 2.95. The number of rotatable bonds is 3. The number of aromatic nitrogens is 1. The summed E-state index contributed by atoms with van der Waals surface area (Å²) in [4.78, 5) is 17.6. The van der Waals surface area contributed by atoms with Crippen molar-refractivity contribution in [1.29, 1.82) is 0 Å². The van der Waals surface area contributed by atoms with Crippen LogP contribution in [0, 0.1) is 6.92 Å². The first kappa shape index (κ1) is 16.0. The van der Waals surface area contributed by atoms with Crippen LogP contribution in [0.25, 0.3) is 22.0 Å². The van der Waals surface area contributed by atoms with Crippen molar-refractivity contribution in [2.24, 2.45) is 0 Å². The van der Waals surface area contributed by atoms with Gasteiger partial charge in [0.1, 0.15) is 0 Å². The minimum absolute atomic E-state index is 0.125. The van der Waals surface area contributed by atoms with E-state index in [1.165, 1.54) is 0 Å². The molecule has 0 bridgehead atoms. The van der Waals surface area contributed by atoms with Crippen molar-refractivity contribution in [1.82, 2.24) is 4.98 Å². The van der Waals surface area contributed by atoms with E-state index in [0.29, 0.717) is 5.56 Å². The maximum atomic E-state index is 13.1. The summed E-state index contributed by atoms with van der Waals surface area (Å²) in [5.74, 6) is -0.125. The fourth-order valence-electron chi connectivity index (χ4n) is 3.22. The quantitative estimate of drug-likeness (QED) is 0.539. The van der Waals surface area contributed by atoms with Gasteiger partial charge in [0.25, 0.3) is 5.91 Å². The Labute approximate surface area is 152 Å². The van der Waals surface area contributed by atoms with Crippen LogP contribution in [-0.4, -0.2) is 10.9 Å². The maximum Gasteiger partial charge on any atom is 0.256 e. The molecule has 1 amide bonds. The minimum atomic E-state index is -0.125. The molecule has 126 valence electrons. The number of nitrogens with one attached hydrogen (secondary N) is 1. The molecule has 3 aromatic carbocycles. The van der Waals surface area contributed by atoms with Gasteiger partial charge in [-0.2, -0.15) is 0 Å². The van der Waals surface area contributed by atoms with Crippen molar-refractivity contribution >= 4 is 22.5 Å². The zero-order valence-electron chi connectivity index (χ0n) is 14.4. The molecule has 4 aromatic rings. The summed E-state index contributed by atoms with van der Waals surface area (Å²) in [6, 6.07) is 25.6. The topological polar surface area (TPSA) is 42.0 Å². The Morgan fingerprint density at radius 3 is 2.46 bits per heavy atom. The number of carbonyl (C=O) groups excluding carboxylic acids is 1. The lowest BCUT2D eigenvalue weighted by atomic mass is 9.95. The van der Waals surface area contributed by atoms with Crippen molar-refractivity contribution < 1.29 is 4.79 Å². The molecule has 1 aromatic heterocycles. The number of para-hydroxylation sites is 1. The third-order valence-corrected chi connectivity index (χ3v) is 4.47. The molecular weight excluding hydrogens is 320 g/mol. The number of aryl methyl sites for hydroxylation is 1. The molecular formula is C23H18N2O. The van der Waals surface area contributed by atoms with Gasteiger partial charge >= 0.3 is 0 Å². The summed E-state index contributed by atoms with van der Waals surface area (Å²) < 4.78 is 0. The van der Waals surface area contributed by atoms with Crippen LogP contribution in [0.3, 0.4) is 0 Å². The molecule has 0 fully saturated rings. The number of anilines is 1. The van der Waals surface area contributed by atoms with Crippen LogP contribution in [0.15, 0.2) is 85.1 Å². The van der Waals surface area contributed by atoms with E-state index in [1.807, 2.05) is 85.8 Å². The molecule has 0 aliphatic heterocycles. The second kappa shape index (κ2) is 6.81. The Kier molecular flexibility index (Phi) is 4.20. The number of fused-ring (bicyclic) bond motifs is 1. The number of benzene rings is 3. The largest absolute Gasteiger partial charge is 0.320 e. The zero-order chi connectivity index (χ0) is 17.9. The van der Waals surface area contributed by atoms with Crippen LogP contribution in [0.5, 0.6) is 0 Å². The monoisotopic (exact) mass is 338 g/mol. The number of hydrogen-bond donors (Lipinski definition) is 1. The van der Waals surface area contributed by atoms with Gasteiger partial charge in [-0.25, -0.2) is 0 Å². The van der Waals surface area contributed by atoms with Gasteiger partial charge in [0, 0.05) is 11.6 Å². The van der Waals surface area contributed by atoms with E-state index in [9.17, 15) is 4.79 Å². The number of amides is 1. The van der Waals surface area contributed by atoms with Crippen LogP contribution in [-0.2, 0) is 0 Å². The van der Waals surface area contributed by atoms with Gasteiger partial charge in [0.2, 0.25) is 0 Å². The second-order valence-electron chi connectivity index (χ2n) is 6.20. The van der Waals surface area contributed by atoms with Crippen molar-refractivity contribution in [3.63, 3.8) is 0 Å². The van der Waals surface area contributed by atoms with Gasteiger partial charge in [-0.1, -0.05) is 66.7 Å². The summed E-state index contributed by atoms with van der Waals surface area (Å²) in [6.07, 6.45) is 1.74. The molecule has 0 saturated heterocycles. The van der Waals surface area contributed by atoms with E-state index in [2.05, 4.69) is 10.3 Å². The van der Waals surface area contributed by atoms with Crippen molar-refractivity contribution in [2.75, 3.05) is 5.32 Å². The molecule has 1 N–H and O–H groups in total. The van der Waals surface area contributed by atoms with Crippen LogP contribution in [0.4, 0.5) is 5.69 Å². The normalized spacial score (nSPS) is 10.7. The lowest BCUT2D eigenvalue weighted by Gasteiger charge is -2.14. The fraction of sp³-hybridized carbons (Fsp3) is 0.0435. The van der Waals surface area contributed by atoms with Gasteiger partial charge in [0.15, 0.2) is 0 Å². The number of nitrogens with zero attached hydrogens (tertiary/aromatic N) is 1. The van der Waals surface area contributed by atoms with Gasteiger partial charge in [-0.15, -0.1) is 0 Å². The molecule has 0 atom stereocenters. The Morgan fingerprint density at radius 1 is 0.846 bits per heavy atom. The lowest BCUT2D eigenvalue weighted by Crippen LogP contribution is -2.15. The predicted octanol–water partition coefficient (Wildman–Crippen LogP) is 5.46. The highest BCUT2D eigenvalue weighted by atomic mass is 16.1. The standard InChI is InChI=1S/C23H18N2O/c1-16-8-5-13-19(17-9-3-2-4-10-17)21(16)23(26)25-20-14-6-11-18-12-7-15-24-22(18)20/h2-15H,1H3,(H,25,26). The first-order chi connectivity index (χ1) is 12.7. The number of pyridine rings is 1. The average molecular weight is 338 g/mol. The Hall–Kier alpha value is -3.46. The molecule has 0 aliphatic rings. The van der Waals surface area contributed by atoms with Crippen molar-refractivity contribution in [3.8, 4) is 11.1 Å². The summed E-state index contributed by atoms with van der Waals surface area (Å²) in [6.45, 7) is 1.96. The van der Waals surface area contributed by atoms with Gasteiger partial charge in [-0.3, -0.25) is 9.78 Å². The van der Waals surface area contributed by atoms with Crippen LogP contribution in [0.2, 0.25) is 0 Å². The lowest BCUT2D eigenvalue weighted by molar-refractivity contribution is 0.102. The zero-order valence-corrected chi connectivity index (χ0v) is 14.4. The Balaban J connectivity index is 1.78. The van der Waals surface area contributed by atoms with Crippen molar-refractivity contribution in [2.45, 2.75) is 6.92 Å². The van der Waals surface area contributed by atoms with E-state index >= 15 is 0 Å². The second-order valence-corrected chi connectivity index (χ2v) is 6.20. The summed E-state index contributed by atoms with van der Waals surface area (Å²) in [7, 11) is 0. The van der Waals surface area contributed by atoms with Crippen molar-refractivity contribution in [3.05, 3.63) is 96.2 Å². The van der Waals surface area contributed by atoms with Gasteiger partial charge in [-0.05, 0) is 35.7 Å². The van der Waals surface area contributed by atoms with E-state index in [-0.39, 0.29) is 5.91 Å². The highest BCUT2D eigenvalue weighted by Gasteiger charge is 2.16. The molecule has 0 radical (unpaired) electrons.